The lowest BCUT2D eigenvalue weighted by atomic mass is 9.80. The summed E-state index contributed by atoms with van der Waals surface area (Å²) in [4.78, 5) is 2.43. The first-order chi connectivity index (χ1) is 32.0. The fraction of sp³-hybridized carbons (Fsp3) is 0.0476. The van der Waals surface area contributed by atoms with Crippen molar-refractivity contribution in [2.24, 2.45) is 0 Å². The van der Waals surface area contributed by atoms with Crippen LogP contribution in [0.3, 0.4) is 0 Å². The van der Waals surface area contributed by atoms with Crippen molar-refractivity contribution < 1.29 is 0 Å². The van der Waals surface area contributed by atoms with Crippen molar-refractivity contribution in [3.8, 4) is 61.3 Å². The zero-order chi connectivity index (χ0) is 43.5. The molecule has 0 atom stereocenters. The van der Waals surface area contributed by atoms with E-state index in [1.54, 1.807) is 0 Å². The second kappa shape index (κ2) is 15.6. The molecule has 0 bridgehead atoms. The van der Waals surface area contributed by atoms with Gasteiger partial charge in [-0.25, -0.2) is 0 Å². The third kappa shape index (κ3) is 6.40. The Hall–Kier alpha value is -8.20. The Morgan fingerprint density at radius 2 is 0.800 bits per heavy atom. The van der Waals surface area contributed by atoms with Crippen molar-refractivity contribution in [2.45, 2.75) is 19.3 Å². The van der Waals surface area contributed by atoms with E-state index >= 15 is 0 Å². The number of para-hydroxylation sites is 4. The van der Waals surface area contributed by atoms with Crippen LogP contribution in [-0.2, 0) is 5.41 Å². The number of aromatic nitrogens is 1. The minimum atomic E-state index is -0.229. The third-order valence-corrected chi connectivity index (χ3v) is 13.6. The van der Waals surface area contributed by atoms with E-state index in [2.05, 4.69) is 266 Å². The second-order valence-corrected chi connectivity index (χ2v) is 17.7. The Morgan fingerprint density at radius 1 is 0.338 bits per heavy atom. The Labute approximate surface area is 381 Å². The van der Waals surface area contributed by atoms with Gasteiger partial charge in [-0.15, -0.1) is 0 Å². The minimum absolute atomic E-state index is 0.229. The minimum Gasteiger partial charge on any atom is -0.310 e. The van der Waals surface area contributed by atoms with Crippen LogP contribution in [0, 0.1) is 0 Å². The highest BCUT2D eigenvalue weighted by Gasteiger charge is 2.38. The van der Waals surface area contributed by atoms with Crippen molar-refractivity contribution >= 4 is 38.9 Å². The van der Waals surface area contributed by atoms with E-state index in [1.165, 1.54) is 88.7 Å². The molecule has 1 aliphatic carbocycles. The van der Waals surface area contributed by atoms with Crippen LogP contribution in [0.5, 0.6) is 0 Å². The summed E-state index contributed by atoms with van der Waals surface area (Å²) >= 11 is 0. The number of anilines is 3. The first-order valence-electron chi connectivity index (χ1n) is 22.6. The molecule has 2 heteroatoms. The fourth-order valence-corrected chi connectivity index (χ4v) is 10.5. The Kier molecular flexibility index (Phi) is 9.21. The zero-order valence-corrected chi connectivity index (χ0v) is 36.5. The molecule has 0 radical (unpaired) electrons. The van der Waals surface area contributed by atoms with Crippen LogP contribution < -0.4 is 4.90 Å². The van der Waals surface area contributed by atoms with E-state index < -0.39 is 0 Å². The van der Waals surface area contributed by atoms with Gasteiger partial charge in [0.15, 0.2) is 0 Å². The summed E-state index contributed by atoms with van der Waals surface area (Å²) < 4.78 is 2.47. The van der Waals surface area contributed by atoms with Gasteiger partial charge in [-0.1, -0.05) is 196 Å². The topological polar surface area (TPSA) is 8.17 Å². The van der Waals surface area contributed by atoms with Crippen LogP contribution in [0.4, 0.5) is 17.1 Å². The lowest BCUT2D eigenvalue weighted by Crippen LogP contribution is -2.15. The zero-order valence-electron chi connectivity index (χ0n) is 36.5. The first-order valence-corrected chi connectivity index (χ1v) is 22.6. The van der Waals surface area contributed by atoms with Crippen LogP contribution in [0.15, 0.2) is 243 Å². The Morgan fingerprint density at radius 3 is 1.40 bits per heavy atom. The molecule has 1 heterocycles. The quantitative estimate of drug-likeness (QED) is 0.148. The van der Waals surface area contributed by atoms with Crippen LogP contribution in [0.25, 0.3) is 83.1 Å². The Balaban J connectivity index is 1.09. The number of fused-ring (bicyclic) bond motifs is 6. The van der Waals surface area contributed by atoms with Crippen molar-refractivity contribution in [2.75, 3.05) is 4.90 Å². The van der Waals surface area contributed by atoms with Gasteiger partial charge in [0.05, 0.1) is 22.4 Å². The van der Waals surface area contributed by atoms with Gasteiger partial charge in [-0.05, 0) is 116 Å². The third-order valence-electron chi connectivity index (χ3n) is 13.6. The first kappa shape index (κ1) is 38.5. The van der Waals surface area contributed by atoms with E-state index in [0.717, 1.165) is 22.6 Å². The van der Waals surface area contributed by atoms with E-state index in [0.29, 0.717) is 0 Å². The summed E-state index contributed by atoms with van der Waals surface area (Å²) in [5, 5.41) is 2.51. The molecule has 0 N–H and O–H groups in total. The number of nitrogens with zero attached hydrogens (tertiary/aromatic N) is 2. The van der Waals surface area contributed by atoms with Crippen molar-refractivity contribution in [3.05, 3.63) is 254 Å². The highest BCUT2D eigenvalue weighted by atomic mass is 15.1. The molecule has 0 spiro atoms. The standard InChI is InChI=1S/C63H46N2/c1-63(2)56-28-14-9-27-54(56)62-55(53-26-13-18-32-61(53)65-59-30-16-11-24-51(59)52-25-12-17-31-60(52)65)41-47(42-57(62)63)50-23-10-15-29-58(50)64(48-37-33-45(34-38-48)43-19-5-3-6-20-43)49-39-35-46(36-40-49)44-21-7-4-8-22-44/h3-42H,1-2H3. The smallest absolute Gasteiger partial charge is 0.0541 e. The molecule has 0 saturated heterocycles. The summed E-state index contributed by atoms with van der Waals surface area (Å²) in [6, 6.07) is 88.9. The molecule has 0 aliphatic heterocycles. The maximum Gasteiger partial charge on any atom is 0.0541 e. The average Bonchev–Trinajstić information content (AvgIpc) is 3.83. The second-order valence-electron chi connectivity index (χ2n) is 17.7. The summed E-state index contributed by atoms with van der Waals surface area (Å²) in [5.41, 5.74) is 21.5. The lowest BCUT2D eigenvalue weighted by Gasteiger charge is -2.29. The van der Waals surface area contributed by atoms with Crippen molar-refractivity contribution in [3.63, 3.8) is 0 Å². The van der Waals surface area contributed by atoms with Crippen molar-refractivity contribution in [1.82, 2.24) is 4.57 Å². The molecule has 1 aromatic heterocycles. The van der Waals surface area contributed by atoms with Crippen LogP contribution in [-0.4, -0.2) is 4.57 Å². The summed E-state index contributed by atoms with van der Waals surface area (Å²) in [7, 11) is 0. The number of rotatable bonds is 8. The van der Waals surface area contributed by atoms with Gasteiger partial charge in [-0.2, -0.15) is 0 Å². The maximum absolute atomic E-state index is 2.48. The number of benzene rings is 10. The van der Waals surface area contributed by atoms with E-state index in [4.69, 9.17) is 0 Å². The number of hydrogen-bond acceptors (Lipinski definition) is 1. The van der Waals surface area contributed by atoms with Gasteiger partial charge in [-0.3, -0.25) is 0 Å². The molecule has 65 heavy (non-hydrogen) atoms. The van der Waals surface area contributed by atoms with Gasteiger partial charge in [0.1, 0.15) is 0 Å². The van der Waals surface area contributed by atoms with Gasteiger partial charge >= 0.3 is 0 Å². The predicted molar refractivity (Wildman–Crippen MR) is 275 cm³/mol. The van der Waals surface area contributed by atoms with Crippen LogP contribution in [0.2, 0.25) is 0 Å². The largest absolute Gasteiger partial charge is 0.310 e. The molecular formula is C63H46N2. The van der Waals surface area contributed by atoms with E-state index in [9.17, 15) is 0 Å². The SMILES string of the molecule is CC1(C)c2ccccc2-c2c(-c3ccccc3-n3c4ccccc4c4ccccc43)cc(-c3ccccc3N(c3ccc(-c4ccccc4)cc3)c3ccc(-c4ccccc4)cc3)cc21. The van der Waals surface area contributed by atoms with Crippen molar-refractivity contribution in [1.29, 1.82) is 0 Å². The monoisotopic (exact) mass is 830 g/mol. The summed E-state index contributed by atoms with van der Waals surface area (Å²) in [6.45, 7) is 4.79. The van der Waals surface area contributed by atoms with Gasteiger partial charge in [0.2, 0.25) is 0 Å². The molecule has 0 amide bonds. The molecule has 11 aromatic rings. The van der Waals surface area contributed by atoms with Gasteiger partial charge < -0.3 is 9.47 Å². The molecule has 10 aromatic carbocycles. The van der Waals surface area contributed by atoms with E-state index in [1.807, 2.05) is 0 Å². The molecule has 12 rings (SSSR count). The molecule has 0 unspecified atom stereocenters. The normalized spacial score (nSPS) is 12.6. The molecule has 0 fully saturated rings. The molecular weight excluding hydrogens is 785 g/mol. The average molecular weight is 831 g/mol. The summed E-state index contributed by atoms with van der Waals surface area (Å²) in [6.07, 6.45) is 0. The maximum atomic E-state index is 2.48. The molecule has 1 aliphatic rings. The van der Waals surface area contributed by atoms with E-state index in [-0.39, 0.29) is 5.41 Å². The van der Waals surface area contributed by atoms with Gasteiger partial charge in [0.25, 0.3) is 0 Å². The van der Waals surface area contributed by atoms with Crippen LogP contribution in [0.1, 0.15) is 25.0 Å². The lowest BCUT2D eigenvalue weighted by molar-refractivity contribution is 0.660. The highest BCUT2D eigenvalue weighted by Crippen LogP contribution is 2.55. The predicted octanol–water partition coefficient (Wildman–Crippen LogP) is 17.2. The van der Waals surface area contributed by atoms with Crippen LogP contribution >= 0.6 is 0 Å². The summed E-state index contributed by atoms with van der Waals surface area (Å²) in [5.74, 6) is 0. The highest BCUT2D eigenvalue weighted by molar-refractivity contribution is 6.10. The number of hydrogen-bond donors (Lipinski definition) is 0. The fourth-order valence-electron chi connectivity index (χ4n) is 10.5. The molecule has 308 valence electrons. The molecule has 0 saturated carbocycles. The molecule has 2 nitrogen and oxygen atoms in total. The van der Waals surface area contributed by atoms with Gasteiger partial charge in [0, 0.05) is 38.7 Å². The Bertz CT molecular complexity index is 3410.